The second-order valence-electron chi connectivity index (χ2n) is 8.73. The van der Waals surface area contributed by atoms with E-state index in [1.807, 2.05) is 67.6 Å². The number of nitrogens with zero attached hydrogens (tertiary/aromatic N) is 3. The van der Waals surface area contributed by atoms with E-state index in [1.54, 1.807) is 27.7 Å². The van der Waals surface area contributed by atoms with Crippen molar-refractivity contribution in [3.8, 4) is 0 Å². The largest absolute Gasteiger partial charge is 0.329 e. The molecule has 35 heavy (non-hydrogen) atoms. The Labute approximate surface area is 211 Å². The van der Waals surface area contributed by atoms with Crippen molar-refractivity contribution >= 4 is 28.4 Å². The summed E-state index contributed by atoms with van der Waals surface area (Å²) in [5, 5.41) is 0.979. The topological polar surface area (TPSA) is 55.2 Å². The van der Waals surface area contributed by atoms with Gasteiger partial charge in [-0.1, -0.05) is 86.0 Å². The van der Waals surface area contributed by atoms with Crippen molar-refractivity contribution < 1.29 is 4.79 Å². The van der Waals surface area contributed by atoms with Crippen LogP contribution in [0.25, 0.3) is 10.9 Å². The number of amides is 1. The van der Waals surface area contributed by atoms with E-state index >= 15 is 0 Å². The fourth-order valence-electron chi connectivity index (χ4n) is 4.35. The first-order chi connectivity index (χ1) is 17.0. The molecule has 180 valence electrons. The van der Waals surface area contributed by atoms with E-state index in [9.17, 15) is 9.59 Å². The summed E-state index contributed by atoms with van der Waals surface area (Å²) in [4.78, 5) is 34.1. The highest BCUT2D eigenvalue weighted by Crippen LogP contribution is 2.26. The lowest BCUT2D eigenvalue weighted by Gasteiger charge is -2.31. The highest BCUT2D eigenvalue weighted by molar-refractivity contribution is 6.33. The minimum absolute atomic E-state index is 0.111. The van der Waals surface area contributed by atoms with Gasteiger partial charge in [0.2, 0.25) is 0 Å². The van der Waals surface area contributed by atoms with Crippen LogP contribution in [0.2, 0.25) is 5.02 Å². The van der Waals surface area contributed by atoms with Gasteiger partial charge in [0, 0.05) is 6.54 Å². The van der Waals surface area contributed by atoms with Crippen LogP contribution < -0.4 is 5.56 Å². The summed E-state index contributed by atoms with van der Waals surface area (Å²) < 4.78 is 1.70. The number of fused-ring (bicyclic) bond motifs is 1. The van der Waals surface area contributed by atoms with E-state index in [0.717, 1.165) is 24.8 Å². The summed E-state index contributed by atoms with van der Waals surface area (Å²) in [5.74, 6) is 0.405. The van der Waals surface area contributed by atoms with Crippen LogP contribution in [-0.2, 0) is 6.54 Å². The molecule has 6 heteroatoms. The number of para-hydroxylation sites is 1. The van der Waals surface area contributed by atoms with Gasteiger partial charge in [0.15, 0.2) is 0 Å². The average Bonchev–Trinajstić information content (AvgIpc) is 2.88. The van der Waals surface area contributed by atoms with Gasteiger partial charge in [0.25, 0.3) is 11.5 Å². The van der Waals surface area contributed by atoms with Gasteiger partial charge in [-0.2, -0.15) is 0 Å². The van der Waals surface area contributed by atoms with E-state index in [-0.39, 0.29) is 11.5 Å². The van der Waals surface area contributed by atoms with E-state index in [2.05, 4.69) is 6.92 Å². The number of carbonyl (C=O) groups is 1. The number of carbonyl (C=O) groups excluding carboxylic acids is 1. The molecule has 4 rings (SSSR count). The molecule has 5 nitrogen and oxygen atoms in total. The predicted molar refractivity (Wildman–Crippen MR) is 142 cm³/mol. The van der Waals surface area contributed by atoms with Crippen LogP contribution in [-0.4, -0.2) is 26.9 Å². The van der Waals surface area contributed by atoms with E-state index in [0.29, 0.717) is 40.4 Å². The maximum Gasteiger partial charge on any atom is 0.261 e. The lowest BCUT2D eigenvalue weighted by atomic mass is 10.1. The molecule has 0 spiro atoms. The minimum Gasteiger partial charge on any atom is -0.329 e. The zero-order chi connectivity index (χ0) is 24.8. The van der Waals surface area contributed by atoms with Crippen LogP contribution in [0, 0.1) is 0 Å². The van der Waals surface area contributed by atoms with Crippen molar-refractivity contribution in [1.82, 2.24) is 14.5 Å². The Morgan fingerprint density at radius 3 is 2.40 bits per heavy atom. The summed E-state index contributed by atoms with van der Waals surface area (Å²) in [5.41, 5.74) is 1.97. The summed E-state index contributed by atoms with van der Waals surface area (Å²) in [6.45, 7) is 5.00. The smallest absolute Gasteiger partial charge is 0.261 e. The molecular formula is C29H30ClN3O2. The maximum atomic E-state index is 13.7. The highest BCUT2D eigenvalue weighted by Gasteiger charge is 2.28. The third kappa shape index (κ3) is 5.46. The molecule has 0 bridgehead atoms. The molecule has 0 fully saturated rings. The van der Waals surface area contributed by atoms with E-state index in [1.165, 1.54) is 0 Å². The molecule has 0 saturated heterocycles. The van der Waals surface area contributed by atoms with Gasteiger partial charge >= 0.3 is 0 Å². The Bertz CT molecular complexity index is 1370. The van der Waals surface area contributed by atoms with Crippen molar-refractivity contribution in [3.63, 3.8) is 0 Å². The molecular weight excluding hydrogens is 458 g/mol. The molecule has 3 aromatic carbocycles. The third-order valence-electron chi connectivity index (χ3n) is 6.28. The number of halogens is 1. The van der Waals surface area contributed by atoms with Gasteiger partial charge in [-0.15, -0.1) is 0 Å². The normalized spacial score (nSPS) is 12.0. The van der Waals surface area contributed by atoms with Crippen LogP contribution in [0.4, 0.5) is 0 Å². The van der Waals surface area contributed by atoms with E-state index in [4.69, 9.17) is 16.6 Å². The molecule has 0 saturated carbocycles. The van der Waals surface area contributed by atoms with Crippen molar-refractivity contribution in [1.29, 1.82) is 0 Å². The van der Waals surface area contributed by atoms with Crippen molar-refractivity contribution in [2.75, 3.05) is 6.54 Å². The first kappa shape index (κ1) is 24.7. The molecule has 1 atom stereocenters. The fraction of sp³-hybridized carbons (Fsp3) is 0.276. The maximum absolute atomic E-state index is 13.7. The SMILES string of the molecule is CCCCCN(C(=O)c1ccccc1Cl)C(C)c1nc2ccccc2c(=O)n1Cc1ccccc1. The number of aromatic nitrogens is 2. The van der Waals surface area contributed by atoms with Gasteiger partial charge in [0.1, 0.15) is 5.82 Å². The quantitative estimate of drug-likeness (QED) is 0.253. The third-order valence-corrected chi connectivity index (χ3v) is 6.61. The second-order valence-corrected chi connectivity index (χ2v) is 9.13. The molecule has 0 aliphatic rings. The molecule has 4 aromatic rings. The summed E-state index contributed by atoms with van der Waals surface area (Å²) in [6.07, 6.45) is 2.89. The number of unbranched alkanes of at least 4 members (excludes halogenated alkanes) is 2. The van der Waals surface area contributed by atoms with Crippen molar-refractivity contribution in [2.45, 2.75) is 45.7 Å². The van der Waals surface area contributed by atoms with Crippen LogP contribution in [0.15, 0.2) is 83.7 Å². The number of rotatable bonds is 9. The van der Waals surface area contributed by atoms with Gasteiger partial charge in [-0.05, 0) is 43.2 Å². The van der Waals surface area contributed by atoms with Crippen LogP contribution in [0.5, 0.6) is 0 Å². The molecule has 1 amide bonds. The number of benzene rings is 3. The first-order valence-corrected chi connectivity index (χ1v) is 12.5. The Kier molecular flexibility index (Phi) is 7.98. The molecule has 0 N–H and O–H groups in total. The second kappa shape index (κ2) is 11.3. The van der Waals surface area contributed by atoms with Crippen LogP contribution in [0.3, 0.4) is 0 Å². The van der Waals surface area contributed by atoms with Gasteiger partial charge in [-0.3, -0.25) is 14.2 Å². The molecule has 1 unspecified atom stereocenters. The average molecular weight is 488 g/mol. The molecule has 1 heterocycles. The molecule has 1 aromatic heterocycles. The van der Waals surface area contributed by atoms with Crippen LogP contribution >= 0.6 is 11.6 Å². The lowest BCUT2D eigenvalue weighted by molar-refractivity contribution is 0.0675. The van der Waals surface area contributed by atoms with Gasteiger partial charge in [-0.25, -0.2) is 4.98 Å². The minimum atomic E-state index is -0.434. The van der Waals surface area contributed by atoms with Crippen LogP contribution in [0.1, 0.15) is 60.9 Å². The van der Waals surface area contributed by atoms with E-state index < -0.39 is 6.04 Å². The standard InChI is InChI=1S/C29H30ClN3O2/c1-3-4-12-19-32(28(34)23-15-8-10-17-25(23)30)21(2)27-31-26-18-11-9-16-24(26)29(35)33(27)20-22-13-6-5-7-14-22/h5-11,13-18,21H,3-4,12,19-20H2,1-2H3. The molecule has 0 radical (unpaired) electrons. The monoisotopic (exact) mass is 487 g/mol. The Morgan fingerprint density at radius 2 is 1.66 bits per heavy atom. The van der Waals surface area contributed by atoms with Gasteiger partial charge < -0.3 is 4.90 Å². The van der Waals surface area contributed by atoms with Gasteiger partial charge in [0.05, 0.1) is 34.1 Å². The summed E-state index contributed by atoms with van der Waals surface area (Å²) in [7, 11) is 0. The summed E-state index contributed by atoms with van der Waals surface area (Å²) in [6, 6.07) is 23.9. The number of hydrogen-bond acceptors (Lipinski definition) is 3. The van der Waals surface area contributed by atoms with Crippen molar-refractivity contribution in [2.24, 2.45) is 0 Å². The Balaban J connectivity index is 1.83. The number of hydrogen-bond donors (Lipinski definition) is 0. The highest BCUT2D eigenvalue weighted by atomic mass is 35.5. The molecule has 0 aliphatic heterocycles. The Hall–Kier alpha value is -3.44. The fourth-order valence-corrected chi connectivity index (χ4v) is 4.57. The lowest BCUT2D eigenvalue weighted by Crippen LogP contribution is -2.38. The Morgan fingerprint density at radius 1 is 0.971 bits per heavy atom. The summed E-state index contributed by atoms with van der Waals surface area (Å²) >= 11 is 6.40. The van der Waals surface area contributed by atoms with Crippen molar-refractivity contribution in [3.05, 3.63) is 111 Å². The first-order valence-electron chi connectivity index (χ1n) is 12.1. The molecule has 0 aliphatic carbocycles. The zero-order valence-corrected chi connectivity index (χ0v) is 20.9. The zero-order valence-electron chi connectivity index (χ0n) is 20.2. The predicted octanol–water partition coefficient (Wildman–Crippen LogP) is 6.49.